The topological polar surface area (TPSA) is 143 Å². The van der Waals surface area contributed by atoms with Gasteiger partial charge in [0.15, 0.2) is 5.78 Å². The summed E-state index contributed by atoms with van der Waals surface area (Å²) in [5, 5.41) is 5.65. The van der Waals surface area contributed by atoms with Crippen molar-refractivity contribution in [2.24, 2.45) is 17.3 Å². The summed E-state index contributed by atoms with van der Waals surface area (Å²) in [4.78, 5) is 50.8. The summed E-state index contributed by atoms with van der Waals surface area (Å²) in [6.45, 7) is 3.96. The van der Waals surface area contributed by atoms with Crippen LogP contribution in [0.2, 0.25) is 0 Å². The summed E-state index contributed by atoms with van der Waals surface area (Å²) in [6.07, 6.45) is 4.94. The van der Waals surface area contributed by atoms with Crippen LogP contribution in [0.5, 0.6) is 0 Å². The fourth-order valence-corrected chi connectivity index (χ4v) is 4.27. The Morgan fingerprint density at radius 3 is 2.27 bits per heavy atom. The van der Waals surface area contributed by atoms with Crippen molar-refractivity contribution >= 4 is 23.3 Å². The molecule has 1 aromatic carbocycles. The van der Waals surface area contributed by atoms with E-state index in [-0.39, 0.29) is 30.7 Å². The Balaban J connectivity index is 1.54. The summed E-state index contributed by atoms with van der Waals surface area (Å²) in [7, 11) is 0. The Hall–Kier alpha value is -4.01. The molecule has 0 radical (unpaired) electrons. The first-order valence-electron chi connectivity index (χ1n) is 10.7. The molecular weight excluding hydrogens is 420 g/mol. The number of nitrogens with zero attached hydrogens (tertiary/aromatic N) is 2. The van der Waals surface area contributed by atoms with E-state index in [1.165, 1.54) is 0 Å². The van der Waals surface area contributed by atoms with Gasteiger partial charge in [-0.25, -0.2) is 4.98 Å². The van der Waals surface area contributed by atoms with Crippen LogP contribution in [0, 0.1) is 24.2 Å². The number of ketones is 1. The average Bonchev–Trinajstić information content (AvgIpc) is 3.25. The van der Waals surface area contributed by atoms with Crippen molar-refractivity contribution < 1.29 is 14.4 Å². The van der Waals surface area contributed by atoms with Crippen LogP contribution in [-0.4, -0.2) is 32.5 Å². The zero-order valence-corrected chi connectivity index (χ0v) is 18.5. The van der Waals surface area contributed by atoms with Crippen molar-refractivity contribution in [3.63, 3.8) is 0 Å². The van der Waals surface area contributed by atoms with Gasteiger partial charge >= 0.3 is 0 Å². The minimum Gasteiger partial charge on any atom is -0.398 e. The van der Waals surface area contributed by atoms with Gasteiger partial charge < -0.3 is 21.4 Å². The van der Waals surface area contributed by atoms with Gasteiger partial charge in [0, 0.05) is 42.1 Å². The van der Waals surface area contributed by atoms with E-state index >= 15 is 0 Å². The van der Waals surface area contributed by atoms with E-state index < -0.39 is 17.3 Å². The molecule has 9 heteroatoms. The average molecular weight is 447 g/mol. The Kier molecular flexibility index (Phi) is 5.95. The first kappa shape index (κ1) is 22.2. The van der Waals surface area contributed by atoms with E-state index in [0.29, 0.717) is 17.1 Å². The monoisotopic (exact) mass is 446 g/mol. The van der Waals surface area contributed by atoms with Gasteiger partial charge in [0.05, 0.1) is 23.8 Å². The molecule has 2 amide bonds. The number of H-pyrrole nitrogens is 1. The number of para-hydroxylation sites is 1. The summed E-state index contributed by atoms with van der Waals surface area (Å²) in [6, 6.07) is 10.3. The van der Waals surface area contributed by atoms with Crippen molar-refractivity contribution in [2.75, 3.05) is 5.73 Å². The number of nitrogen functional groups attached to an aromatic ring is 1. The van der Waals surface area contributed by atoms with Crippen LogP contribution in [0.1, 0.15) is 34.4 Å². The van der Waals surface area contributed by atoms with Gasteiger partial charge in [-0.1, -0.05) is 19.1 Å². The molecule has 2 heterocycles. The van der Waals surface area contributed by atoms with E-state index in [1.54, 1.807) is 61.9 Å². The Labute approximate surface area is 191 Å². The predicted octanol–water partition coefficient (Wildman–Crippen LogP) is 1.76. The maximum Gasteiger partial charge on any atom is 0.225 e. The number of nitrogens with two attached hydrogens (primary N) is 1. The minimum atomic E-state index is -1.21. The lowest BCUT2D eigenvalue weighted by Crippen LogP contribution is -2.30. The number of aromatic amines is 1. The summed E-state index contributed by atoms with van der Waals surface area (Å²) >= 11 is 0. The summed E-state index contributed by atoms with van der Waals surface area (Å²) in [5.41, 5.74) is 7.18. The number of rotatable bonds is 8. The molecule has 1 saturated carbocycles. The standard InChI is InChI=1S/C24H26N6O3/c1-14-11-27-18(30-14)13-29-23(33)20-19(22(32)28-12-15-7-9-26-10-8-15)24(20,2)21(31)16-5-3-4-6-17(16)25/h3-11,19-20H,12-13,25H2,1-2H3,(H,27,30)(H,28,32)(H,29,33)/t19-,20+,24+/m0/s1. The molecule has 5 N–H and O–H groups in total. The molecule has 0 unspecified atom stereocenters. The van der Waals surface area contributed by atoms with Crippen LogP contribution in [0.25, 0.3) is 0 Å². The molecule has 0 saturated heterocycles. The van der Waals surface area contributed by atoms with E-state index in [2.05, 4.69) is 25.6 Å². The van der Waals surface area contributed by atoms with E-state index in [9.17, 15) is 14.4 Å². The molecule has 1 aliphatic carbocycles. The Bertz CT molecular complexity index is 1190. The number of anilines is 1. The molecule has 3 aromatic rings. The summed E-state index contributed by atoms with van der Waals surface area (Å²) < 4.78 is 0. The normalized spacial score (nSPS) is 21.3. The van der Waals surface area contributed by atoms with Crippen molar-refractivity contribution in [2.45, 2.75) is 26.9 Å². The van der Waals surface area contributed by atoms with Gasteiger partial charge in [0.2, 0.25) is 11.8 Å². The molecule has 0 bridgehead atoms. The number of Topliss-reactive ketones (excluding diaryl/α,β-unsaturated/α-hetero) is 1. The highest BCUT2D eigenvalue weighted by molar-refractivity contribution is 6.13. The van der Waals surface area contributed by atoms with Crippen LogP contribution in [0.15, 0.2) is 55.0 Å². The molecule has 3 atom stereocenters. The number of nitrogens with one attached hydrogen (secondary N) is 3. The Morgan fingerprint density at radius 2 is 1.67 bits per heavy atom. The third-order valence-electron chi connectivity index (χ3n) is 6.18. The Morgan fingerprint density at radius 1 is 1.03 bits per heavy atom. The summed E-state index contributed by atoms with van der Waals surface area (Å²) in [5.74, 6) is -2.09. The number of benzene rings is 1. The zero-order valence-electron chi connectivity index (χ0n) is 18.5. The molecule has 33 heavy (non-hydrogen) atoms. The van der Waals surface area contributed by atoms with Crippen molar-refractivity contribution in [1.29, 1.82) is 0 Å². The van der Waals surface area contributed by atoms with Gasteiger partial charge in [-0.2, -0.15) is 0 Å². The minimum absolute atomic E-state index is 0.173. The van der Waals surface area contributed by atoms with E-state index in [4.69, 9.17) is 5.73 Å². The highest BCUT2D eigenvalue weighted by atomic mass is 16.2. The number of aromatic nitrogens is 3. The molecule has 9 nitrogen and oxygen atoms in total. The maximum atomic E-state index is 13.5. The number of pyridine rings is 1. The third-order valence-corrected chi connectivity index (χ3v) is 6.18. The molecule has 1 aliphatic rings. The molecule has 0 aliphatic heterocycles. The fraction of sp³-hybridized carbons (Fsp3) is 0.292. The molecule has 1 fully saturated rings. The number of aryl methyl sites for hydroxylation is 1. The highest BCUT2D eigenvalue weighted by Gasteiger charge is 2.72. The SMILES string of the molecule is Cc1cnc(CNC(=O)[C@H]2[C@@H](C(=O)NCc3ccncc3)[C@@]2(C)C(=O)c2ccccc2N)[nH]1. The fourth-order valence-electron chi connectivity index (χ4n) is 4.27. The number of carbonyl (C=O) groups excluding carboxylic acids is 3. The number of amides is 2. The predicted molar refractivity (Wildman–Crippen MR) is 122 cm³/mol. The smallest absolute Gasteiger partial charge is 0.225 e. The second kappa shape index (κ2) is 8.85. The van der Waals surface area contributed by atoms with Crippen LogP contribution in [-0.2, 0) is 22.7 Å². The van der Waals surface area contributed by atoms with Gasteiger partial charge in [0.1, 0.15) is 5.82 Å². The van der Waals surface area contributed by atoms with E-state index in [0.717, 1.165) is 11.3 Å². The second-order valence-corrected chi connectivity index (χ2v) is 8.46. The molecule has 170 valence electrons. The lowest BCUT2D eigenvalue weighted by atomic mass is 9.91. The van der Waals surface area contributed by atoms with Gasteiger partial charge in [-0.05, 0) is 36.8 Å². The van der Waals surface area contributed by atoms with Gasteiger partial charge in [-0.3, -0.25) is 19.4 Å². The quantitative estimate of drug-likeness (QED) is 0.307. The van der Waals surface area contributed by atoms with Gasteiger partial charge in [0.25, 0.3) is 0 Å². The maximum absolute atomic E-state index is 13.5. The molecule has 4 rings (SSSR count). The number of hydrogen-bond acceptors (Lipinski definition) is 6. The largest absolute Gasteiger partial charge is 0.398 e. The zero-order chi connectivity index (χ0) is 23.6. The molecule has 0 spiro atoms. The van der Waals surface area contributed by atoms with E-state index in [1.807, 2.05) is 6.92 Å². The molecular formula is C24H26N6O3. The lowest BCUT2D eigenvalue weighted by Gasteiger charge is -2.13. The first-order chi connectivity index (χ1) is 15.8. The number of carbonyl (C=O) groups is 3. The van der Waals surface area contributed by atoms with Crippen LogP contribution in [0.3, 0.4) is 0 Å². The van der Waals surface area contributed by atoms with Crippen LogP contribution in [0.4, 0.5) is 5.69 Å². The lowest BCUT2D eigenvalue weighted by molar-refractivity contribution is -0.127. The highest BCUT2D eigenvalue weighted by Crippen LogP contribution is 2.60. The van der Waals surface area contributed by atoms with Crippen molar-refractivity contribution in [3.8, 4) is 0 Å². The van der Waals surface area contributed by atoms with Crippen LogP contribution >= 0.6 is 0 Å². The molecule has 2 aromatic heterocycles. The number of hydrogen-bond donors (Lipinski definition) is 4. The van der Waals surface area contributed by atoms with Gasteiger partial charge in [-0.15, -0.1) is 0 Å². The second-order valence-electron chi connectivity index (χ2n) is 8.46. The third kappa shape index (κ3) is 4.34. The van der Waals surface area contributed by atoms with Crippen LogP contribution < -0.4 is 16.4 Å². The number of imidazole rings is 1. The van der Waals surface area contributed by atoms with Crippen molar-refractivity contribution in [3.05, 3.63) is 77.6 Å². The first-order valence-corrected chi connectivity index (χ1v) is 10.7. The van der Waals surface area contributed by atoms with Crippen molar-refractivity contribution in [1.82, 2.24) is 25.6 Å².